The third-order valence-corrected chi connectivity index (χ3v) is 5.58. The Kier molecular flexibility index (Phi) is 6.33. The molecule has 0 aliphatic carbocycles. The van der Waals surface area contributed by atoms with Gasteiger partial charge < -0.3 is 10.2 Å². The summed E-state index contributed by atoms with van der Waals surface area (Å²) < 4.78 is 7.09. The van der Waals surface area contributed by atoms with Gasteiger partial charge in [-0.15, -0.1) is 10.2 Å². The van der Waals surface area contributed by atoms with E-state index in [0.29, 0.717) is 16.5 Å². The quantitative estimate of drug-likeness (QED) is 0.251. The van der Waals surface area contributed by atoms with Crippen LogP contribution in [-0.2, 0) is 11.3 Å². The molecule has 0 amide bonds. The number of nitriles is 1. The highest BCUT2D eigenvalue weighted by atomic mass is 32.2. The molecule has 4 aromatic rings. The summed E-state index contributed by atoms with van der Waals surface area (Å²) in [6, 6.07) is 18.4. The Balaban J connectivity index is 1.67. The Hall–Kier alpha value is -4.23. The van der Waals surface area contributed by atoms with Crippen LogP contribution in [0.15, 0.2) is 80.3 Å². The van der Waals surface area contributed by atoms with Crippen molar-refractivity contribution in [3.8, 4) is 17.7 Å². The number of benzene rings is 2. The topological polar surface area (TPSA) is 141 Å². The number of hydrogen-bond donors (Lipinski definition) is 1. The van der Waals surface area contributed by atoms with Gasteiger partial charge in [0.2, 0.25) is 0 Å². The molecule has 0 radical (unpaired) electrons. The molecule has 2 aromatic carbocycles. The smallest absolute Gasteiger partial charge is 0.277 e. The normalized spacial score (nSPS) is 11.8. The van der Waals surface area contributed by atoms with Crippen molar-refractivity contribution >= 4 is 28.3 Å². The molecule has 2 heterocycles. The molecule has 0 aliphatic rings. The first-order valence-electron chi connectivity index (χ1n) is 9.88. The Morgan fingerprint density at radius 3 is 2.52 bits per heavy atom. The van der Waals surface area contributed by atoms with Gasteiger partial charge in [-0.1, -0.05) is 60.3 Å². The number of ketones is 1. The van der Waals surface area contributed by atoms with Gasteiger partial charge in [-0.05, 0) is 18.6 Å². The molecule has 0 bridgehead atoms. The van der Waals surface area contributed by atoms with Crippen molar-refractivity contribution in [2.24, 2.45) is 5.73 Å². The number of rotatable bonds is 7. The van der Waals surface area contributed by atoms with Crippen LogP contribution < -0.4 is 11.3 Å². The van der Waals surface area contributed by atoms with Crippen molar-refractivity contribution in [1.29, 1.82) is 5.26 Å². The summed E-state index contributed by atoms with van der Waals surface area (Å²) in [5, 5.41) is 22.8. The largest absolute Gasteiger partial charge is 0.409 e. The maximum Gasteiger partial charge on any atom is 0.277 e. The number of nitrogens with zero attached hydrogens (tertiary/aromatic N) is 5. The first-order valence-corrected chi connectivity index (χ1v) is 10.9. The van der Waals surface area contributed by atoms with Crippen LogP contribution in [0.25, 0.3) is 22.4 Å². The second-order valence-corrected chi connectivity index (χ2v) is 8.02. The number of allylic oxidation sites excluding steroid dienone is 2. The standard InChI is InChI=1S/C23H18N6O3S/c1-14(25)18(11-24)19(30)13-33-23-27-26-21(32-23)20-16-9-5-6-10-17(16)22(31)29(28-20)12-15-7-3-2-4-8-15/h2-10H,12-13,25H2,1H3. The molecular weight excluding hydrogens is 440 g/mol. The number of Topliss-reactive ketones (excluding diaryl/α,β-unsaturated/α-hetero) is 1. The summed E-state index contributed by atoms with van der Waals surface area (Å²) in [4.78, 5) is 25.2. The number of thioether (sulfide) groups is 1. The Bertz CT molecular complexity index is 1460. The predicted molar refractivity (Wildman–Crippen MR) is 123 cm³/mol. The third-order valence-electron chi connectivity index (χ3n) is 4.76. The zero-order valence-electron chi connectivity index (χ0n) is 17.6. The molecule has 2 N–H and O–H groups in total. The van der Waals surface area contributed by atoms with Crippen LogP contribution >= 0.6 is 11.8 Å². The molecule has 4 rings (SSSR count). The van der Waals surface area contributed by atoms with Gasteiger partial charge in [0.15, 0.2) is 11.5 Å². The average molecular weight is 459 g/mol. The minimum atomic E-state index is -0.428. The average Bonchev–Trinajstić information content (AvgIpc) is 3.29. The summed E-state index contributed by atoms with van der Waals surface area (Å²) in [5.74, 6) is -0.392. The lowest BCUT2D eigenvalue weighted by molar-refractivity contribution is -0.112. The molecule has 10 heteroatoms. The van der Waals surface area contributed by atoms with E-state index in [9.17, 15) is 9.59 Å². The number of carbonyl (C=O) groups excluding carboxylic acids is 1. The number of carbonyl (C=O) groups is 1. The zero-order chi connectivity index (χ0) is 23.4. The van der Waals surface area contributed by atoms with Crippen molar-refractivity contribution in [3.05, 3.63) is 81.8 Å². The Morgan fingerprint density at radius 2 is 1.82 bits per heavy atom. The predicted octanol–water partition coefficient (Wildman–Crippen LogP) is 2.91. The molecule has 33 heavy (non-hydrogen) atoms. The van der Waals surface area contributed by atoms with Crippen LogP contribution in [-0.4, -0.2) is 31.5 Å². The molecule has 164 valence electrons. The molecule has 0 saturated carbocycles. The first-order chi connectivity index (χ1) is 16.0. The second-order valence-electron chi connectivity index (χ2n) is 7.10. The van der Waals surface area contributed by atoms with Gasteiger partial charge in [-0.25, -0.2) is 4.68 Å². The van der Waals surface area contributed by atoms with Crippen molar-refractivity contribution in [2.45, 2.75) is 18.7 Å². The summed E-state index contributed by atoms with van der Waals surface area (Å²) >= 11 is 0.994. The zero-order valence-corrected chi connectivity index (χ0v) is 18.4. The van der Waals surface area contributed by atoms with E-state index in [-0.39, 0.29) is 40.2 Å². The lowest BCUT2D eigenvalue weighted by atomic mass is 10.1. The van der Waals surface area contributed by atoms with Crippen molar-refractivity contribution in [3.63, 3.8) is 0 Å². The van der Waals surface area contributed by atoms with Gasteiger partial charge in [0.25, 0.3) is 16.7 Å². The molecule has 0 aliphatic heterocycles. The lowest BCUT2D eigenvalue weighted by Gasteiger charge is -2.09. The molecule has 0 atom stereocenters. The monoisotopic (exact) mass is 458 g/mol. The van der Waals surface area contributed by atoms with E-state index in [4.69, 9.17) is 15.4 Å². The van der Waals surface area contributed by atoms with Gasteiger partial charge in [-0.2, -0.15) is 10.4 Å². The van der Waals surface area contributed by atoms with Crippen molar-refractivity contribution in [1.82, 2.24) is 20.0 Å². The molecule has 0 unspecified atom stereocenters. The Morgan fingerprint density at radius 1 is 1.12 bits per heavy atom. The molecule has 2 aromatic heterocycles. The lowest BCUT2D eigenvalue weighted by Crippen LogP contribution is -2.24. The number of nitrogens with two attached hydrogens (primary N) is 1. The maximum atomic E-state index is 13.0. The highest BCUT2D eigenvalue weighted by Gasteiger charge is 2.19. The van der Waals surface area contributed by atoms with Crippen LogP contribution in [0.5, 0.6) is 0 Å². The maximum absolute atomic E-state index is 13.0. The van der Waals surface area contributed by atoms with Gasteiger partial charge in [0, 0.05) is 11.1 Å². The van der Waals surface area contributed by atoms with Crippen LogP contribution in [0.3, 0.4) is 0 Å². The van der Waals surface area contributed by atoms with Crippen molar-refractivity contribution in [2.75, 3.05) is 5.75 Å². The third kappa shape index (κ3) is 4.68. The second kappa shape index (κ2) is 9.50. The molecule has 9 nitrogen and oxygen atoms in total. The van der Waals surface area contributed by atoms with Crippen LogP contribution in [0, 0.1) is 11.3 Å². The number of fused-ring (bicyclic) bond motifs is 1. The van der Waals surface area contributed by atoms with Gasteiger partial charge in [-0.3, -0.25) is 9.59 Å². The molecule has 0 spiro atoms. The van der Waals surface area contributed by atoms with Gasteiger partial charge >= 0.3 is 0 Å². The van der Waals surface area contributed by atoms with Crippen LogP contribution in [0.1, 0.15) is 12.5 Å². The molecular formula is C23H18N6O3S. The summed E-state index contributed by atoms with van der Waals surface area (Å²) in [6.07, 6.45) is 0. The highest BCUT2D eigenvalue weighted by Crippen LogP contribution is 2.27. The van der Waals surface area contributed by atoms with Crippen molar-refractivity contribution < 1.29 is 9.21 Å². The van der Waals surface area contributed by atoms with E-state index in [1.807, 2.05) is 30.3 Å². The summed E-state index contributed by atoms with van der Waals surface area (Å²) in [7, 11) is 0. The van der Waals surface area contributed by atoms with E-state index >= 15 is 0 Å². The number of aromatic nitrogens is 4. The summed E-state index contributed by atoms with van der Waals surface area (Å²) in [5.41, 5.74) is 6.69. The minimum Gasteiger partial charge on any atom is -0.409 e. The SMILES string of the molecule is CC(N)=C(C#N)C(=O)CSc1nnc(-c2nn(Cc3ccccc3)c(=O)c3ccccc23)o1. The first kappa shape index (κ1) is 22.0. The fraction of sp³-hybridized carbons (Fsp3) is 0.130. The number of hydrogen-bond acceptors (Lipinski definition) is 9. The fourth-order valence-corrected chi connectivity index (χ4v) is 3.83. The van der Waals surface area contributed by atoms with E-state index < -0.39 is 5.78 Å². The molecule has 0 fully saturated rings. The van der Waals surface area contributed by atoms with E-state index in [1.165, 1.54) is 11.6 Å². The highest BCUT2D eigenvalue weighted by molar-refractivity contribution is 7.99. The van der Waals surface area contributed by atoms with Crippen LogP contribution in [0.2, 0.25) is 0 Å². The van der Waals surface area contributed by atoms with E-state index in [0.717, 1.165) is 17.3 Å². The van der Waals surface area contributed by atoms with Crippen LogP contribution in [0.4, 0.5) is 0 Å². The molecule has 0 saturated heterocycles. The van der Waals surface area contributed by atoms with E-state index in [1.54, 1.807) is 30.3 Å². The minimum absolute atomic E-state index is 0.0826. The van der Waals surface area contributed by atoms with E-state index in [2.05, 4.69) is 15.3 Å². The summed E-state index contributed by atoms with van der Waals surface area (Å²) in [6.45, 7) is 1.77. The van der Waals surface area contributed by atoms with Gasteiger partial charge in [0.1, 0.15) is 11.6 Å². The fourth-order valence-electron chi connectivity index (χ4n) is 3.19. The van der Waals surface area contributed by atoms with Gasteiger partial charge in [0.05, 0.1) is 17.7 Å². The Labute approximate surface area is 192 Å².